The summed E-state index contributed by atoms with van der Waals surface area (Å²) in [6.45, 7) is 3.70. The summed E-state index contributed by atoms with van der Waals surface area (Å²) < 4.78 is 67.7. The Kier molecular flexibility index (Phi) is 6.02. The summed E-state index contributed by atoms with van der Waals surface area (Å²) in [6, 6.07) is 3.16. The lowest BCUT2D eigenvalue weighted by Gasteiger charge is -2.15. The van der Waals surface area contributed by atoms with Gasteiger partial charge in [0, 0.05) is 11.8 Å². The van der Waals surface area contributed by atoms with Crippen LogP contribution in [0.2, 0.25) is 0 Å². The number of anilines is 2. The Morgan fingerprint density at radius 2 is 1.97 bits per heavy atom. The first kappa shape index (κ1) is 22.3. The van der Waals surface area contributed by atoms with E-state index in [1.54, 1.807) is 19.9 Å². The highest BCUT2D eigenvalue weighted by molar-refractivity contribution is 7.92. The summed E-state index contributed by atoms with van der Waals surface area (Å²) in [7, 11) is -5.51. The number of benzene rings is 1. The third-order valence-corrected chi connectivity index (χ3v) is 5.58. The van der Waals surface area contributed by atoms with Crippen LogP contribution in [0, 0.1) is 0 Å². The molecule has 0 saturated carbocycles. The zero-order valence-corrected chi connectivity index (χ0v) is 17.3. The molecule has 3 rings (SSSR count). The van der Waals surface area contributed by atoms with Gasteiger partial charge >= 0.3 is 5.51 Å². The predicted molar refractivity (Wildman–Crippen MR) is 108 cm³/mol. The first-order chi connectivity index (χ1) is 14.5. The topological polar surface area (TPSA) is 124 Å². The van der Waals surface area contributed by atoms with E-state index >= 15 is 0 Å². The van der Waals surface area contributed by atoms with E-state index in [0.29, 0.717) is 22.6 Å². The van der Waals surface area contributed by atoms with Crippen molar-refractivity contribution in [1.82, 2.24) is 15.0 Å². The summed E-state index contributed by atoms with van der Waals surface area (Å²) in [5.41, 5.74) is 2.70. The van der Waals surface area contributed by atoms with E-state index in [4.69, 9.17) is 10.2 Å². The number of hydrogen-bond acceptors (Lipinski definition) is 8. The van der Waals surface area contributed by atoms with Gasteiger partial charge in [-0.15, -0.1) is 0 Å². The average Bonchev–Trinajstić information content (AvgIpc) is 3.19. The largest absolute Gasteiger partial charge is 0.501 e. The van der Waals surface area contributed by atoms with E-state index in [1.165, 1.54) is 24.9 Å². The molecule has 2 heterocycles. The molecule has 2 aromatic heterocycles. The molecule has 0 bridgehead atoms. The summed E-state index contributed by atoms with van der Waals surface area (Å²) >= 11 is 0. The molecule has 0 amide bonds. The van der Waals surface area contributed by atoms with Gasteiger partial charge in [0.25, 0.3) is 9.84 Å². The van der Waals surface area contributed by atoms with Crippen molar-refractivity contribution >= 4 is 27.7 Å². The van der Waals surface area contributed by atoms with Crippen LogP contribution in [0.3, 0.4) is 0 Å². The van der Waals surface area contributed by atoms with E-state index in [0.717, 1.165) is 17.7 Å². The van der Waals surface area contributed by atoms with E-state index in [-0.39, 0.29) is 18.1 Å². The monoisotopic (exact) mass is 453 g/mol. The van der Waals surface area contributed by atoms with Gasteiger partial charge in [-0.2, -0.15) is 18.2 Å². The van der Waals surface area contributed by atoms with Crippen LogP contribution in [-0.4, -0.2) is 28.9 Å². The number of nitrogen functional groups attached to an aromatic ring is 1. The zero-order valence-electron chi connectivity index (χ0n) is 16.4. The highest BCUT2D eigenvalue weighted by Crippen LogP contribution is 2.36. The number of oxazole rings is 1. The van der Waals surface area contributed by atoms with Gasteiger partial charge in [0.15, 0.2) is 6.39 Å². The normalized spacial score (nSPS) is 11.9. The quantitative estimate of drug-likeness (QED) is 0.573. The molecule has 0 saturated heterocycles. The zero-order chi connectivity index (χ0) is 22.8. The Balaban J connectivity index is 2.13. The predicted octanol–water partition coefficient (Wildman–Crippen LogP) is 4.04. The fraction of sp³-hybridized carbons (Fsp3) is 0.211. The molecule has 0 radical (unpaired) electrons. The molecule has 3 aromatic rings. The van der Waals surface area contributed by atoms with Crippen molar-refractivity contribution in [1.29, 1.82) is 0 Å². The van der Waals surface area contributed by atoms with Gasteiger partial charge in [-0.25, -0.2) is 18.4 Å². The number of nitrogens with two attached hydrogens (primary N) is 1. The number of nitrogens with one attached hydrogen (secondary N) is 1. The molecule has 0 aliphatic heterocycles. The van der Waals surface area contributed by atoms with Gasteiger partial charge in [0.1, 0.15) is 12.1 Å². The molecule has 0 aliphatic carbocycles. The second-order valence-corrected chi connectivity index (χ2v) is 8.68. The minimum absolute atomic E-state index is 0.0218. The van der Waals surface area contributed by atoms with Gasteiger partial charge in [-0.05, 0) is 37.1 Å². The van der Waals surface area contributed by atoms with E-state index in [1.807, 2.05) is 0 Å². The van der Waals surface area contributed by atoms with Gasteiger partial charge in [0.2, 0.25) is 5.95 Å². The average molecular weight is 453 g/mol. The molecule has 12 heteroatoms. The van der Waals surface area contributed by atoms with Crippen molar-refractivity contribution in [2.75, 3.05) is 11.1 Å². The molecule has 1 aromatic carbocycles. The standard InChI is InChI=1S/C19H18F3N5O3S/c1-11(2)5-12-6-14(31(28,29)19(20,21)22)3-4-15(12)16-8-25-18(23)27-17(16)24-7-13-9-30-10-26-13/h3-6,8-10H,7H2,1-2H3,(H3,23,24,25,27). The molecule has 0 spiro atoms. The second-order valence-electron chi connectivity index (χ2n) is 6.74. The van der Waals surface area contributed by atoms with Crippen LogP contribution >= 0.6 is 0 Å². The van der Waals surface area contributed by atoms with Crippen molar-refractivity contribution in [2.24, 2.45) is 0 Å². The van der Waals surface area contributed by atoms with Crippen molar-refractivity contribution in [2.45, 2.75) is 30.8 Å². The molecule has 0 atom stereocenters. The van der Waals surface area contributed by atoms with Crippen LogP contribution in [0.1, 0.15) is 25.1 Å². The third-order valence-electron chi connectivity index (χ3n) is 4.10. The van der Waals surface area contributed by atoms with E-state index < -0.39 is 20.2 Å². The Hall–Kier alpha value is -3.41. The molecule has 8 nitrogen and oxygen atoms in total. The fourth-order valence-corrected chi connectivity index (χ4v) is 3.54. The smallest absolute Gasteiger partial charge is 0.451 e. The molecule has 3 N–H and O–H groups in total. The number of hydrogen-bond donors (Lipinski definition) is 2. The van der Waals surface area contributed by atoms with Crippen LogP contribution in [0.4, 0.5) is 24.9 Å². The lowest BCUT2D eigenvalue weighted by molar-refractivity contribution is -0.0436. The first-order valence-electron chi connectivity index (χ1n) is 8.83. The second kappa shape index (κ2) is 8.38. The van der Waals surface area contributed by atoms with Crippen molar-refractivity contribution in [3.05, 3.63) is 53.9 Å². The number of nitrogens with zero attached hydrogens (tertiary/aromatic N) is 3. The number of rotatable bonds is 6. The van der Waals surface area contributed by atoms with Gasteiger partial charge in [-0.3, -0.25) is 0 Å². The maximum absolute atomic E-state index is 13.0. The molecule has 0 fully saturated rings. The van der Waals surface area contributed by atoms with Gasteiger partial charge in [-0.1, -0.05) is 17.7 Å². The minimum atomic E-state index is -5.51. The SMILES string of the molecule is CC(C)=Cc1cc(S(=O)(=O)C(F)(F)F)ccc1-c1cnc(N)nc1NCc1cocn1. The van der Waals surface area contributed by atoms with Crippen molar-refractivity contribution in [3.8, 4) is 11.1 Å². The molecule has 164 valence electrons. The summed E-state index contributed by atoms with van der Waals surface area (Å²) in [6.07, 6.45) is 5.67. The maximum Gasteiger partial charge on any atom is 0.501 e. The Morgan fingerprint density at radius 3 is 2.58 bits per heavy atom. The fourth-order valence-electron chi connectivity index (χ4n) is 2.74. The molecule has 0 unspecified atom stereocenters. The van der Waals surface area contributed by atoms with Crippen LogP contribution in [-0.2, 0) is 16.4 Å². The van der Waals surface area contributed by atoms with Crippen LogP contribution in [0.25, 0.3) is 17.2 Å². The van der Waals surface area contributed by atoms with Gasteiger partial charge < -0.3 is 15.5 Å². The van der Waals surface area contributed by atoms with Crippen LogP contribution < -0.4 is 11.1 Å². The number of halogens is 3. The lowest BCUT2D eigenvalue weighted by Crippen LogP contribution is -2.23. The Bertz CT molecular complexity index is 1220. The molecular weight excluding hydrogens is 435 g/mol. The first-order valence-corrected chi connectivity index (χ1v) is 10.3. The Morgan fingerprint density at radius 1 is 1.23 bits per heavy atom. The number of sulfone groups is 1. The summed E-state index contributed by atoms with van der Waals surface area (Å²) in [4.78, 5) is 11.3. The number of aromatic nitrogens is 3. The molecular formula is C19H18F3N5O3S. The van der Waals surface area contributed by atoms with Crippen LogP contribution in [0.5, 0.6) is 0 Å². The highest BCUT2D eigenvalue weighted by atomic mass is 32.2. The molecule has 31 heavy (non-hydrogen) atoms. The van der Waals surface area contributed by atoms with E-state index in [9.17, 15) is 21.6 Å². The highest BCUT2D eigenvalue weighted by Gasteiger charge is 2.47. The van der Waals surface area contributed by atoms with Crippen molar-refractivity contribution in [3.63, 3.8) is 0 Å². The maximum atomic E-state index is 13.0. The van der Waals surface area contributed by atoms with Gasteiger partial charge in [0.05, 0.1) is 17.1 Å². The van der Waals surface area contributed by atoms with Crippen LogP contribution in [0.15, 0.2) is 51.9 Å². The Labute approximate surface area is 176 Å². The van der Waals surface area contributed by atoms with Crippen molar-refractivity contribution < 1.29 is 26.0 Å². The minimum Gasteiger partial charge on any atom is -0.451 e. The number of alkyl halides is 3. The summed E-state index contributed by atoms with van der Waals surface area (Å²) in [5.74, 6) is 0.275. The van der Waals surface area contributed by atoms with E-state index in [2.05, 4.69) is 20.3 Å². The summed E-state index contributed by atoms with van der Waals surface area (Å²) in [5, 5.41) is 3.03. The molecule has 0 aliphatic rings. The lowest BCUT2D eigenvalue weighted by atomic mass is 9.99. The third kappa shape index (κ3) is 4.85. The number of allylic oxidation sites excluding steroid dienone is 1.